The molecule has 1 nitrogen and oxygen atoms in total. The van der Waals surface area contributed by atoms with Crippen LogP contribution in [0, 0.1) is 0 Å². The highest BCUT2D eigenvalue weighted by Crippen LogP contribution is 2.49. The van der Waals surface area contributed by atoms with Gasteiger partial charge in [-0.25, -0.2) is 0 Å². The molecule has 33 heavy (non-hydrogen) atoms. The molecule has 0 radical (unpaired) electrons. The van der Waals surface area contributed by atoms with Crippen molar-refractivity contribution in [2.24, 2.45) is 0 Å². The molecule has 1 saturated carbocycles. The summed E-state index contributed by atoms with van der Waals surface area (Å²) >= 11 is 0. The molecule has 5 aromatic carbocycles. The third-order valence-electron chi connectivity index (χ3n) is 7.67. The van der Waals surface area contributed by atoms with Gasteiger partial charge in [-0.2, -0.15) is 0 Å². The van der Waals surface area contributed by atoms with Gasteiger partial charge in [-0.1, -0.05) is 91.3 Å². The van der Waals surface area contributed by atoms with E-state index in [0.29, 0.717) is 12.0 Å². The lowest BCUT2D eigenvalue weighted by molar-refractivity contribution is 0.164. The molecule has 1 aliphatic heterocycles. The Bertz CT molecular complexity index is 1440. The first-order valence-corrected chi connectivity index (χ1v) is 12.2. The summed E-state index contributed by atoms with van der Waals surface area (Å²) in [5.41, 5.74) is 6.64. The largest absolute Gasteiger partial charge is 0.489 e. The molecule has 2 atom stereocenters. The smallest absolute Gasteiger partial charge is 0.123 e. The van der Waals surface area contributed by atoms with Gasteiger partial charge in [0.15, 0.2) is 0 Å². The first-order chi connectivity index (χ1) is 16.4. The summed E-state index contributed by atoms with van der Waals surface area (Å²) in [6.45, 7) is 0. The van der Waals surface area contributed by atoms with Crippen LogP contribution in [-0.2, 0) is 0 Å². The Morgan fingerprint density at radius 1 is 0.545 bits per heavy atom. The number of hydrogen-bond donors (Lipinski definition) is 0. The lowest BCUT2D eigenvalue weighted by atomic mass is 9.81. The van der Waals surface area contributed by atoms with E-state index < -0.39 is 0 Å². The summed E-state index contributed by atoms with van der Waals surface area (Å²) in [6, 6.07) is 35.5. The molecule has 1 heteroatoms. The van der Waals surface area contributed by atoms with Crippen molar-refractivity contribution >= 4 is 21.5 Å². The Labute approximate surface area is 194 Å². The molecule has 5 aromatic rings. The number of rotatable bonds is 2. The third kappa shape index (κ3) is 2.92. The van der Waals surface area contributed by atoms with Crippen LogP contribution in [0.15, 0.2) is 97.1 Å². The van der Waals surface area contributed by atoms with Crippen molar-refractivity contribution in [1.82, 2.24) is 0 Å². The molecule has 1 aliphatic carbocycles. The molecular formula is C32H26O. The molecule has 160 valence electrons. The second kappa shape index (κ2) is 7.49. The molecule has 0 saturated heterocycles. The zero-order chi connectivity index (χ0) is 21.8. The van der Waals surface area contributed by atoms with E-state index in [-0.39, 0.29) is 0 Å². The summed E-state index contributed by atoms with van der Waals surface area (Å²) < 4.78 is 6.35. The number of benzene rings is 5. The van der Waals surface area contributed by atoms with Crippen molar-refractivity contribution in [3.8, 4) is 28.0 Å². The monoisotopic (exact) mass is 426 g/mol. The first-order valence-electron chi connectivity index (χ1n) is 12.2. The predicted octanol–water partition coefficient (Wildman–Crippen LogP) is 8.75. The zero-order valence-corrected chi connectivity index (χ0v) is 18.6. The van der Waals surface area contributed by atoms with E-state index in [1.165, 1.54) is 75.0 Å². The molecule has 0 amide bonds. The lowest BCUT2D eigenvalue weighted by Gasteiger charge is -2.24. The van der Waals surface area contributed by atoms with Crippen LogP contribution in [0.2, 0.25) is 0 Å². The summed E-state index contributed by atoms with van der Waals surface area (Å²) in [6.07, 6.45) is 5.41. The maximum atomic E-state index is 6.35. The number of hydrogen-bond acceptors (Lipinski definition) is 1. The van der Waals surface area contributed by atoms with Crippen LogP contribution in [0.25, 0.3) is 43.8 Å². The van der Waals surface area contributed by atoms with E-state index in [1.807, 2.05) is 0 Å². The van der Waals surface area contributed by atoms with Gasteiger partial charge in [0.1, 0.15) is 11.9 Å². The standard InChI is InChI=1S/C32H26O/c1-2-10-21(11-3-1)31-24-13-4-6-15-26(24)32(27-16-7-5-14-25(27)31)22-18-19-30-28(20-22)23-12-8-9-17-29(23)33-30/h1-7,10-11,13-16,18-20,23,29H,8-9,12,17H2. The molecule has 7 rings (SSSR count). The Morgan fingerprint density at radius 2 is 1.12 bits per heavy atom. The van der Waals surface area contributed by atoms with Gasteiger partial charge in [-0.15, -0.1) is 0 Å². The van der Waals surface area contributed by atoms with Crippen molar-refractivity contribution < 1.29 is 4.74 Å². The fraction of sp³-hybridized carbons (Fsp3) is 0.188. The minimum Gasteiger partial charge on any atom is -0.489 e. The molecule has 0 N–H and O–H groups in total. The summed E-state index contributed by atoms with van der Waals surface area (Å²) in [4.78, 5) is 0. The van der Waals surface area contributed by atoms with Gasteiger partial charge in [0, 0.05) is 11.5 Å². The lowest BCUT2D eigenvalue weighted by Crippen LogP contribution is -2.22. The average Bonchev–Trinajstić information content (AvgIpc) is 3.25. The van der Waals surface area contributed by atoms with Crippen molar-refractivity contribution in [3.05, 3.63) is 103 Å². The van der Waals surface area contributed by atoms with Crippen molar-refractivity contribution in [3.63, 3.8) is 0 Å². The quantitative estimate of drug-likeness (QED) is 0.256. The van der Waals surface area contributed by atoms with Gasteiger partial charge >= 0.3 is 0 Å². The van der Waals surface area contributed by atoms with E-state index in [1.54, 1.807) is 0 Å². The molecule has 2 aliphatic rings. The fourth-order valence-corrected chi connectivity index (χ4v) is 6.21. The van der Waals surface area contributed by atoms with Crippen LogP contribution in [0.1, 0.15) is 37.2 Å². The Balaban J connectivity index is 1.53. The first kappa shape index (κ1) is 18.9. The highest BCUT2D eigenvalue weighted by Gasteiger charge is 2.36. The van der Waals surface area contributed by atoms with Crippen LogP contribution < -0.4 is 4.74 Å². The van der Waals surface area contributed by atoms with Gasteiger partial charge in [-0.3, -0.25) is 0 Å². The van der Waals surface area contributed by atoms with Crippen LogP contribution in [0.5, 0.6) is 5.75 Å². The van der Waals surface area contributed by atoms with Crippen molar-refractivity contribution in [1.29, 1.82) is 0 Å². The second-order valence-corrected chi connectivity index (χ2v) is 9.51. The highest BCUT2D eigenvalue weighted by molar-refractivity contribution is 6.21. The maximum Gasteiger partial charge on any atom is 0.123 e. The third-order valence-corrected chi connectivity index (χ3v) is 7.67. The van der Waals surface area contributed by atoms with E-state index in [9.17, 15) is 0 Å². The average molecular weight is 427 g/mol. The predicted molar refractivity (Wildman–Crippen MR) is 138 cm³/mol. The van der Waals surface area contributed by atoms with E-state index in [0.717, 1.165) is 5.75 Å². The zero-order valence-electron chi connectivity index (χ0n) is 18.6. The molecule has 2 unspecified atom stereocenters. The van der Waals surface area contributed by atoms with E-state index >= 15 is 0 Å². The van der Waals surface area contributed by atoms with E-state index in [2.05, 4.69) is 97.1 Å². The molecule has 0 aromatic heterocycles. The topological polar surface area (TPSA) is 9.23 Å². The normalized spacial score (nSPS) is 19.3. The van der Waals surface area contributed by atoms with Gasteiger partial charge in [0.25, 0.3) is 0 Å². The van der Waals surface area contributed by atoms with Crippen LogP contribution >= 0.6 is 0 Å². The Kier molecular flexibility index (Phi) is 4.30. The number of fused-ring (bicyclic) bond motifs is 5. The van der Waals surface area contributed by atoms with Crippen molar-refractivity contribution in [2.75, 3.05) is 0 Å². The molecule has 0 bridgehead atoms. The minimum absolute atomic E-state index is 0.373. The summed E-state index contributed by atoms with van der Waals surface area (Å²) in [5, 5.41) is 5.25. The SMILES string of the molecule is c1ccc(-c2c3ccccc3c(-c3ccc4c(c3)C3CCCCC3O4)c3ccccc23)cc1. The van der Waals surface area contributed by atoms with Gasteiger partial charge in [0.05, 0.1) is 0 Å². The summed E-state index contributed by atoms with van der Waals surface area (Å²) in [5.74, 6) is 1.65. The van der Waals surface area contributed by atoms with Gasteiger partial charge < -0.3 is 4.74 Å². The highest BCUT2D eigenvalue weighted by atomic mass is 16.5. The Morgan fingerprint density at radius 3 is 1.79 bits per heavy atom. The van der Waals surface area contributed by atoms with E-state index in [4.69, 9.17) is 4.74 Å². The molecule has 1 fully saturated rings. The van der Waals surface area contributed by atoms with Crippen LogP contribution in [0.3, 0.4) is 0 Å². The Hall–Kier alpha value is -3.58. The molecular weight excluding hydrogens is 400 g/mol. The fourth-order valence-electron chi connectivity index (χ4n) is 6.21. The van der Waals surface area contributed by atoms with Gasteiger partial charge in [0.2, 0.25) is 0 Å². The van der Waals surface area contributed by atoms with Gasteiger partial charge in [-0.05, 0) is 75.2 Å². The molecule has 0 spiro atoms. The number of ether oxygens (including phenoxy) is 1. The maximum absolute atomic E-state index is 6.35. The van der Waals surface area contributed by atoms with Crippen LogP contribution in [0.4, 0.5) is 0 Å². The minimum atomic E-state index is 0.373. The van der Waals surface area contributed by atoms with Crippen LogP contribution in [-0.4, -0.2) is 6.10 Å². The molecule has 1 heterocycles. The second-order valence-electron chi connectivity index (χ2n) is 9.51. The van der Waals surface area contributed by atoms with Crippen molar-refractivity contribution in [2.45, 2.75) is 37.7 Å². The summed E-state index contributed by atoms with van der Waals surface area (Å²) in [7, 11) is 0.